The van der Waals surface area contributed by atoms with Gasteiger partial charge in [0.25, 0.3) is 0 Å². The van der Waals surface area contributed by atoms with Crippen molar-refractivity contribution in [3.05, 3.63) is 95.7 Å². The topological polar surface area (TPSA) is 8.29 Å². The van der Waals surface area contributed by atoms with Gasteiger partial charge in [0, 0.05) is 27.6 Å². The molecule has 0 aliphatic heterocycles. The maximum absolute atomic E-state index is 2.57. The smallest absolute Gasteiger partial charge is 0.237 e. The summed E-state index contributed by atoms with van der Waals surface area (Å²) in [7, 11) is 2.21. The van der Waals surface area contributed by atoms with Crippen LogP contribution in [0.25, 0.3) is 60.1 Å². The number of pyridine rings is 1. The molecule has 0 N–H and O–H groups in total. The van der Waals surface area contributed by atoms with Crippen molar-refractivity contribution < 1.29 is 4.57 Å². The molecule has 0 saturated carbocycles. The normalized spacial score (nSPS) is 13.1. The lowest BCUT2D eigenvalue weighted by Gasteiger charge is -2.24. The molecule has 3 aromatic heterocycles. The molecule has 7 rings (SSSR count). The van der Waals surface area contributed by atoms with E-state index >= 15 is 0 Å². The Morgan fingerprint density at radius 3 is 2.05 bits per heavy atom. The molecular formula is C38H39N2+. The zero-order valence-corrected chi connectivity index (χ0v) is 25.1. The third-order valence-electron chi connectivity index (χ3n) is 8.81. The Labute approximate surface area is 237 Å². The summed E-state index contributed by atoms with van der Waals surface area (Å²) < 4.78 is 4.91. The second-order valence-electron chi connectivity index (χ2n) is 14.0. The molecule has 2 heteroatoms. The molecule has 0 atom stereocenters. The molecule has 7 aromatic rings. The number of aromatic nitrogens is 2. The zero-order chi connectivity index (χ0) is 28.1. The quantitative estimate of drug-likeness (QED) is 0.199. The van der Waals surface area contributed by atoms with Crippen LogP contribution in [0.1, 0.15) is 58.2 Å². The molecule has 4 aromatic carbocycles. The molecule has 200 valence electrons. The van der Waals surface area contributed by atoms with Crippen LogP contribution in [0.15, 0.2) is 79.0 Å². The minimum absolute atomic E-state index is 0.0246. The summed E-state index contributed by atoms with van der Waals surface area (Å²) in [6.07, 6.45) is 3.30. The van der Waals surface area contributed by atoms with Crippen molar-refractivity contribution in [3.8, 4) is 11.3 Å². The Kier molecular flexibility index (Phi) is 5.21. The van der Waals surface area contributed by atoms with Crippen LogP contribution < -0.4 is 4.57 Å². The molecular weight excluding hydrogens is 484 g/mol. The second-order valence-corrected chi connectivity index (χ2v) is 14.0. The van der Waals surface area contributed by atoms with E-state index in [-0.39, 0.29) is 10.8 Å². The van der Waals surface area contributed by atoms with Crippen molar-refractivity contribution in [1.82, 2.24) is 4.40 Å². The molecule has 0 aliphatic carbocycles. The fourth-order valence-electron chi connectivity index (χ4n) is 7.12. The van der Waals surface area contributed by atoms with Crippen molar-refractivity contribution in [2.45, 2.75) is 60.3 Å². The van der Waals surface area contributed by atoms with E-state index in [1.165, 1.54) is 76.8 Å². The third-order valence-corrected chi connectivity index (χ3v) is 8.81. The van der Waals surface area contributed by atoms with Crippen LogP contribution in [0.5, 0.6) is 0 Å². The lowest BCUT2D eigenvalue weighted by molar-refractivity contribution is -0.659. The SMILES string of the molecule is Cc1c(-c2c3c(cc[n+]2C)c2ccc(CC(C)(C)C)c4c5ccccc5n3c24)cc(C(C)(C)C)c2ccccc12. The molecule has 0 fully saturated rings. The van der Waals surface area contributed by atoms with Crippen molar-refractivity contribution >= 4 is 48.9 Å². The number of nitrogens with zero attached hydrogens (tertiary/aromatic N) is 2. The minimum Gasteiger partial charge on any atom is -0.302 e. The molecule has 0 unspecified atom stereocenters. The van der Waals surface area contributed by atoms with E-state index in [0.29, 0.717) is 0 Å². The van der Waals surface area contributed by atoms with Crippen LogP contribution in [0.4, 0.5) is 0 Å². The average molecular weight is 524 g/mol. The van der Waals surface area contributed by atoms with E-state index in [1.54, 1.807) is 0 Å². The summed E-state index contributed by atoms with van der Waals surface area (Å²) in [4.78, 5) is 0. The van der Waals surface area contributed by atoms with E-state index in [2.05, 4.69) is 143 Å². The maximum atomic E-state index is 2.57. The number of hydrogen-bond donors (Lipinski definition) is 0. The van der Waals surface area contributed by atoms with Gasteiger partial charge in [-0.15, -0.1) is 0 Å². The number of rotatable bonds is 2. The van der Waals surface area contributed by atoms with Gasteiger partial charge < -0.3 is 4.40 Å². The molecule has 2 nitrogen and oxygen atoms in total. The van der Waals surface area contributed by atoms with Crippen LogP contribution >= 0.6 is 0 Å². The van der Waals surface area contributed by atoms with Gasteiger partial charge in [0.2, 0.25) is 5.69 Å². The van der Waals surface area contributed by atoms with E-state index in [9.17, 15) is 0 Å². The highest BCUT2D eigenvalue weighted by Crippen LogP contribution is 2.45. The first-order valence-electron chi connectivity index (χ1n) is 14.6. The van der Waals surface area contributed by atoms with Gasteiger partial charge in [0.05, 0.1) is 16.6 Å². The first-order valence-corrected chi connectivity index (χ1v) is 14.6. The maximum Gasteiger partial charge on any atom is 0.237 e. The Hall–Kier alpha value is -3.91. The van der Waals surface area contributed by atoms with Crippen LogP contribution in [-0.4, -0.2) is 4.40 Å². The van der Waals surface area contributed by atoms with Gasteiger partial charge in [-0.25, -0.2) is 0 Å². The molecule has 0 bridgehead atoms. The monoisotopic (exact) mass is 523 g/mol. The predicted octanol–water partition coefficient (Wildman–Crippen LogP) is 9.68. The zero-order valence-electron chi connectivity index (χ0n) is 25.1. The lowest BCUT2D eigenvalue weighted by atomic mass is 9.80. The fraction of sp³-hybridized carbons (Fsp3) is 0.289. The van der Waals surface area contributed by atoms with Crippen LogP contribution in [-0.2, 0) is 18.9 Å². The number of aryl methyl sites for hydroxylation is 2. The van der Waals surface area contributed by atoms with Crippen molar-refractivity contribution in [2.75, 3.05) is 0 Å². The highest BCUT2D eigenvalue weighted by molar-refractivity contribution is 6.25. The van der Waals surface area contributed by atoms with Crippen molar-refractivity contribution in [3.63, 3.8) is 0 Å². The van der Waals surface area contributed by atoms with Crippen molar-refractivity contribution in [2.24, 2.45) is 12.5 Å². The van der Waals surface area contributed by atoms with Gasteiger partial charge in [0.15, 0.2) is 6.20 Å². The summed E-state index contributed by atoms with van der Waals surface area (Å²) >= 11 is 0. The molecule has 0 aliphatic rings. The number of hydrogen-bond acceptors (Lipinski definition) is 0. The largest absolute Gasteiger partial charge is 0.302 e. The van der Waals surface area contributed by atoms with E-state index in [4.69, 9.17) is 0 Å². The standard InChI is InChI=1S/C38H39N2/c1-23-25-13-9-10-14-26(25)31(38(5,6)7)21-30(23)35-36-28(19-20-39(35)8)27-18-17-24(22-37(2,3)4)33-29-15-11-12-16-32(29)40(36)34(27)33/h9-21H,22H2,1-8H3/q+1. The number of para-hydroxylation sites is 1. The Morgan fingerprint density at radius 1 is 0.700 bits per heavy atom. The summed E-state index contributed by atoms with van der Waals surface area (Å²) in [5.41, 5.74) is 11.0. The molecule has 3 heterocycles. The van der Waals surface area contributed by atoms with Crippen LogP contribution in [0.3, 0.4) is 0 Å². The third kappa shape index (κ3) is 3.51. The molecule has 0 spiro atoms. The first kappa shape index (κ1) is 25.1. The van der Waals surface area contributed by atoms with E-state index < -0.39 is 0 Å². The Bertz CT molecular complexity index is 2110. The van der Waals surface area contributed by atoms with Gasteiger partial charge >= 0.3 is 0 Å². The summed E-state index contributed by atoms with van der Waals surface area (Å²) in [6, 6.07) is 27.5. The Morgan fingerprint density at radius 2 is 1.35 bits per heavy atom. The summed E-state index contributed by atoms with van der Waals surface area (Å²) in [5, 5.41) is 8.13. The van der Waals surface area contributed by atoms with Gasteiger partial charge in [-0.1, -0.05) is 96.1 Å². The van der Waals surface area contributed by atoms with Gasteiger partial charge in [0.1, 0.15) is 12.6 Å². The van der Waals surface area contributed by atoms with Crippen LogP contribution in [0.2, 0.25) is 0 Å². The highest BCUT2D eigenvalue weighted by atomic mass is 15.0. The summed E-state index contributed by atoms with van der Waals surface area (Å²) in [6.45, 7) is 16.3. The second kappa shape index (κ2) is 8.30. The first-order chi connectivity index (χ1) is 19.0. The Balaban J connectivity index is 1.70. The van der Waals surface area contributed by atoms with Gasteiger partial charge in [-0.2, -0.15) is 4.57 Å². The number of fused-ring (bicyclic) bond motifs is 7. The number of benzene rings is 4. The van der Waals surface area contributed by atoms with Gasteiger partial charge in [-0.3, -0.25) is 0 Å². The van der Waals surface area contributed by atoms with E-state index in [1.807, 2.05) is 0 Å². The molecule has 0 amide bonds. The fourth-order valence-corrected chi connectivity index (χ4v) is 7.12. The average Bonchev–Trinajstić information content (AvgIpc) is 3.40. The van der Waals surface area contributed by atoms with Crippen molar-refractivity contribution in [1.29, 1.82) is 0 Å². The molecule has 0 saturated heterocycles. The minimum atomic E-state index is 0.0246. The van der Waals surface area contributed by atoms with E-state index in [0.717, 1.165) is 6.42 Å². The predicted molar refractivity (Wildman–Crippen MR) is 172 cm³/mol. The molecule has 40 heavy (non-hydrogen) atoms. The van der Waals surface area contributed by atoms with Crippen LogP contribution in [0, 0.1) is 12.3 Å². The van der Waals surface area contributed by atoms with Gasteiger partial charge in [-0.05, 0) is 63.8 Å². The highest BCUT2D eigenvalue weighted by Gasteiger charge is 2.29. The molecule has 0 radical (unpaired) electrons. The summed E-state index contributed by atoms with van der Waals surface area (Å²) in [5.74, 6) is 0. The lowest BCUT2D eigenvalue weighted by Crippen LogP contribution is -2.31.